The Morgan fingerprint density at radius 2 is 1.75 bits per heavy atom. The van der Waals surface area contributed by atoms with Gasteiger partial charge in [-0.15, -0.1) is 0 Å². The zero-order valence-electron chi connectivity index (χ0n) is 12.1. The van der Waals surface area contributed by atoms with Gasteiger partial charge in [-0.2, -0.15) is 0 Å². The number of fused-ring (bicyclic) bond motifs is 1. The van der Waals surface area contributed by atoms with Crippen LogP contribution in [0.5, 0.6) is 0 Å². The summed E-state index contributed by atoms with van der Waals surface area (Å²) in [5, 5.41) is 2.17. The molecule has 1 unspecified atom stereocenters. The summed E-state index contributed by atoms with van der Waals surface area (Å²) in [5.41, 5.74) is 5.94. The summed E-state index contributed by atoms with van der Waals surface area (Å²) in [6, 6.07) is 12.3. The monoisotopic (exact) mass is 262 g/mol. The first-order valence-electron chi connectivity index (χ1n) is 6.96. The van der Waals surface area contributed by atoms with Crippen LogP contribution >= 0.6 is 0 Å². The summed E-state index contributed by atoms with van der Waals surface area (Å²) in [4.78, 5) is 11.7. The number of carbonyl (C=O) groups excluding carboxylic acids is 1. The van der Waals surface area contributed by atoms with Gasteiger partial charge in [0.15, 0.2) is 6.29 Å². The van der Waals surface area contributed by atoms with E-state index in [1.54, 1.807) is 0 Å². The standard InChI is InChI=1S/C19H18O/c1-12-10-13(2)19(14(12)3)17-9-8-15-6-4-5-7-16(15)18(17)11-20/h4-11,19H,1-3H3. The van der Waals surface area contributed by atoms with Crippen molar-refractivity contribution < 1.29 is 4.79 Å². The molecule has 0 aliphatic heterocycles. The molecule has 3 rings (SSSR count). The molecule has 1 heteroatoms. The molecule has 0 saturated heterocycles. The number of allylic oxidation sites excluding steroid dienone is 4. The second-order valence-corrected chi connectivity index (χ2v) is 5.59. The molecule has 0 spiro atoms. The molecule has 0 saturated carbocycles. The minimum Gasteiger partial charge on any atom is -0.298 e. The van der Waals surface area contributed by atoms with Crippen LogP contribution < -0.4 is 0 Å². The second-order valence-electron chi connectivity index (χ2n) is 5.59. The highest BCUT2D eigenvalue weighted by Crippen LogP contribution is 2.41. The van der Waals surface area contributed by atoms with Gasteiger partial charge in [0, 0.05) is 11.5 Å². The third kappa shape index (κ3) is 1.82. The van der Waals surface area contributed by atoms with Crippen LogP contribution in [-0.4, -0.2) is 6.29 Å². The molecule has 0 bridgehead atoms. The van der Waals surface area contributed by atoms with Crippen molar-refractivity contribution in [2.45, 2.75) is 26.7 Å². The Morgan fingerprint density at radius 1 is 1.00 bits per heavy atom. The van der Waals surface area contributed by atoms with Crippen molar-refractivity contribution in [1.29, 1.82) is 0 Å². The van der Waals surface area contributed by atoms with Gasteiger partial charge in [0.1, 0.15) is 0 Å². The van der Waals surface area contributed by atoms with Gasteiger partial charge in [0.2, 0.25) is 0 Å². The van der Waals surface area contributed by atoms with Crippen LogP contribution in [0.2, 0.25) is 0 Å². The Hall–Kier alpha value is -2.15. The lowest BCUT2D eigenvalue weighted by molar-refractivity contribution is 0.112. The van der Waals surface area contributed by atoms with Gasteiger partial charge >= 0.3 is 0 Å². The number of carbonyl (C=O) groups is 1. The average molecular weight is 262 g/mol. The fourth-order valence-electron chi connectivity index (χ4n) is 3.28. The first kappa shape index (κ1) is 12.9. The predicted molar refractivity (Wildman–Crippen MR) is 84.2 cm³/mol. The Morgan fingerprint density at radius 3 is 2.40 bits per heavy atom. The zero-order chi connectivity index (χ0) is 14.3. The molecule has 1 nitrogen and oxygen atoms in total. The number of rotatable bonds is 2. The summed E-state index contributed by atoms with van der Waals surface area (Å²) in [6.45, 7) is 6.45. The molecular weight excluding hydrogens is 244 g/mol. The molecule has 0 aromatic heterocycles. The van der Waals surface area contributed by atoms with Gasteiger partial charge in [-0.3, -0.25) is 4.79 Å². The number of aldehydes is 1. The predicted octanol–water partition coefficient (Wildman–Crippen LogP) is 5.03. The van der Waals surface area contributed by atoms with E-state index in [0.29, 0.717) is 0 Å². The highest BCUT2D eigenvalue weighted by Gasteiger charge is 2.24. The van der Waals surface area contributed by atoms with E-state index in [0.717, 1.165) is 28.2 Å². The molecule has 100 valence electrons. The molecule has 1 atom stereocenters. The van der Waals surface area contributed by atoms with Crippen LogP contribution in [0.3, 0.4) is 0 Å². The van der Waals surface area contributed by atoms with E-state index < -0.39 is 0 Å². The van der Waals surface area contributed by atoms with E-state index in [2.05, 4.69) is 45.0 Å². The largest absolute Gasteiger partial charge is 0.298 e. The van der Waals surface area contributed by atoms with E-state index in [1.807, 2.05) is 18.2 Å². The van der Waals surface area contributed by atoms with Crippen LogP contribution in [0.1, 0.15) is 42.6 Å². The first-order chi connectivity index (χ1) is 9.63. The number of hydrogen-bond acceptors (Lipinski definition) is 1. The van der Waals surface area contributed by atoms with Crippen molar-refractivity contribution in [3.8, 4) is 0 Å². The summed E-state index contributed by atoms with van der Waals surface area (Å²) in [7, 11) is 0. The van der Waals surface area contributed by atoms with E-state index in [1.165, 1.54) is 16.7 Å². The van der Waals surface area contributed by atoms with Crippen molar-refractivity contribution in [3.05, 3.63) is 70.3 Å². The molecular formula is C19H18O. The van der Waals surface area contributed by atoms with E-state index >= 15 is 0 Å². The lowest BCUT2D eigenvalue weighted by atomic mass is 9.84. The van der Waals surface area contributed by atoms with Crippen LogP contribution in [-0.2, 0) is 0 Å². The van der Waals surface area contributed by atoms with Gasteiger partial charge < -0.3 is 0 Å². The Balaban J connectivity index is 2.28. The van der Waals surface area contributed by atoms with Gasteiger partial charge in [-0.1, -0.05) is 59.2 Å². The Kier molecular flexibility index (Phi) is 3.06. The molecule has 20 heavy (non-hydrogen) atoms. The highest BCUT2D eigenvalue weighted by atomic mass is 16.1. The van der Waals surface area contributed by atoms with Gasteiger partial charge in [-0.25, -0.2) is 0 Å². The molecule has 2 aromatic rings. The second kappa shape index (κ2) is 4.75. The van der Waals surface area contributed by atoms with Gasteiger partial charge in [-0.05, 0) is 37.1 Å². The molecule has 0 heterocycles. The topological polar surface area (TPSA) is 17.1 Å². The number of hydrogen-bond donors (Lipinski definition) is 0. The summed E-state index contributed by atoms with van der Waals surface area (Å²) < 4.78 is 0. The van der Waals surface area contributed by atoms with E-state index in [9.17, 15) is 4.79 Å². The molecule has 2 aromatic carbocycles. The maximum Gasteiger partial charge on any atom is 0.150 e. The SMILES string of the molecule is CC1=CC(C)=C(C)C1c1ccc2ccccc2c1C=O. The smallest absolute Gasteiger partial charge is 0.150 e. The molecule has 0 amide bonds. The fraction of sp³-hybridized carbons (Fsp3) is 0.211. The maximum absolute atomic E-state index is 11.7. The van der Waals surface area contributed by atoms with Crippen molar-refractivity contribution in [3.63, 3.8) is 0 Å². The third-order valence-corrected chi connectivity index (χ3v) is 4.39. The first-order valence-corrected chi connectivity index (χ1v) is 6.96. The van der Waals surface area contributed by atoms with Crippen molar-refractivity contribution in [2.75, 3.05) is 0 Å². The lowest BCUT2D eigenvalue weighted by Crippen LogP contribution is -2.04. The summed E-state index contributed by atoms with van der Waals surface area (Å²) in [5.74, 6) is 0.250. The minimum absolute atomic E-state index is 0.250. The maximum atomic E-state index is 11.7. The Bertz CT molecular complexity index is 762. The van der Waals surface area contributed by atoms with Crippen molar-refractivity contribution in [2.24, 2.45) is 0 Å². The van der Waals surface area contributed by atoms with Crippen LogP contribution in [0.25, 0.3) is 10.8 Å². The minimum atomic E-state index is 0.250. The van der Waals surface area contributed by atoms with Crippen molar-refractivity contribution >= 4 is 17.1 Å². The molecule has 0 N–H and O–H groups in total. The molecule has 1 aliphatic rings. The average Bonchev–Trinajstić information content (AvgIpc) is 2.71. The van der Waals surface area contributed by atoms with Crippen LogP contribution in [0, 0.1) is 0 Å². The summed E-state index contributed by atoms with van der Waals surface area (Å²) >= 11 is 0. The third-order valence-electron chi connectivity index (χ3n) is 4.39. The molecule has 0 fully saturated rings. The Labute approximate surface area is 119 Å². The van der Waals surface area contributed by atoms with E-state index in [-0.39, 0.29) is 5.92 Å². The normalized spacial score (nSPS) is 18.6. The molecule has 0 radical (unpaired) electrons. The van der Waals surface area contributed by atoms with E-state index in [4.69, 9.17) is 0 Å². The lowest BCUT2D eigenvalue weighted by Gasteiger charge is -2.19. The zero-order valence-corrected chi connectivity index (χ0v) is 12.1. The number of benzene rings is 2. The highest BCUT2D eigenvalue weighted by molar-refractivity contribution is 6.00. The van der Waals surface area contributed by atoms with Gasteiger partial charge in [0.25, 0.3) is 0 Å². The van der Waals surface area contributed by atoms with Gasteiger partial charge in [0.05, 0.1) is 0 Å². The quantitative estimate of drug-likeness (QED) is 0.693. The van der Waals surface area contributed by atoms with Crippen LogP contribution in [0.4, 0.5) is 0 Å². The summed E-state index contributed by atoms with van der Waals surface area (Å²) in [6.07, 6.45) is 3.23. The van der Waals surface area contributed by atoms with Crippen LogP contribution in [0.15, 0.2) is 59.2 Å². The fourth-order valence-corrected chi connectivity index (χ4v) is 3.28. The molecule has 1 aliphatic carbocycles. The van der Waals surface area contributed by atoms with Crippen molar-refractivity contribution in [1.82, 2.24) is 0 Å².